The third kappa shape index (κ3) is 10.2. The molecule has 3 aromatic carbocycles. The highest BCUT2D eigenvalue weighted by Crippen LogP contribution is 2.22. The number of carbonyl (C=O) groups is 6. The van der Waals surface area contributed by atoms with Crippen molar-refractivity contribution in [3.63, 3.8) is 0 Å². The van der Waals surface area contributed by atoms with Gasteiger partial charge in [0.25, 0.3) is 0 Å². The number of hydrogen-bond acceptors (Lipinski definition) is 7. The lowest BCUT2D eigenvalue weighted by atomic mass is 10.0. The Morgan fingerprint density at radius 3 is 1.91 bits per heavy atom. The minimum Gasteiger partial charge on any atom is -0.361 e. The van der Waals surface area contributed by atoms with E-state index in [1.54, 1.807) is 6.20 Å². The zero-order chi connectivity index (χ0) is 39.4. The van der Waals surface area contributed by atoms with Gasteiger partial charge in [-0.05, 0) is 61.4 Å². The molecule has 6 amide bonds. The van der Waals surface area contributed by atoms with Crippen LogP contribution in [0.1, 0.15) is 48.8 Å². The molecule has 0 aliphatic carbocycles. The molecule has 0 bridgehead atoms. The zero-order valence-electron chi connectivity index (χ0n) is 31.3. The SMILES string of the molecule is NCCCC[C@@H]1NC(=O)[C@H](Cc2c[nH]c3ccccc23)NC(=O)[C@H](Cc2ccccc2)NC(=O)CNC(=O)[C@@H]2CCCN2C(=O)[C@H](Cc2ccccc2)NC1=O. The van der Waals surface area contributed by atoms with Gasteiger partial charge in [0.1, 0.15) is 30.2 Å². The van der Waals surface area contributed by atoms with E-state index in [1.807, 2.05) is 84.9 Å². The van der Waals surface area contributed by atoms with Gasteiger partial charge in [-0.15, -0.1) is 0 Å². The van der Waals surface area contributed by atoms with Gasteiger partial charge in [-0.1, -0.05) is 78.9 Å². The largest absolute Gasteiger partial charge is 0.361 e. The van der Waals surface area contributed by atoms with Crippen molar-refractivity contribution in [2.45, 2.75) is 81.6 Å². The normalized spacial score (nSPS) is 22.9. The fraction of sp³-hybridized carbons (Fsp3) is 0.381. The van der Waals surface area contributed by atoms with Crippen molar-refractivity contribution in [2.75, 3.05) is 19.6 Å². The first kappa shape index (κ1) is 39.7. The summed E-state index contributed by atoms with van der Waals surface area (Å²) in [6.07, 6.45) is 4.32. The lowest BCUT2D eigenvalue weighted by Gasteiger charge is -2.31. The molecule has 2 fully saturated rings. The van der Waals surface area contributed by atoms with Crippen molar-refractivity contribution in [3.05, 3.63) is 108 Å². The molecule has 2 aliphatic heterocycles. The molecule has 2 saturated heterocycles. The number of unbranched alkanes of at least 4 members (excludes halogenated alkanes) is 1. The Morgan fingerprint density at radius 2 is 1.21 bits per heavy atom. The first-order valence-electron chi connectivity index (χ1n) is 19.3. The number of amides is 6. The maximum atomic E-state index is 14.4. The van der Waals surface area contributed by atoms with Crippen LogP contribution in [0.3, 0.4) is 0 Å². The Balaban J connectivity index is 1.36. The summed E-state index contributed by atoms with van der Waals surface area (Å²) in [4.78, 5) is 88.8. The average Bonchev–Trinajstić information content (AvgIpc) is 3.87. The molecule has 294 valence electrons. The van der Waals surface area contributed by atoms with Crippen LogP contribution in [0.4, 0.5) is 0 Å². The highest BCUT2D eigenvalue weighted by molar-refractivity contribution is 5.98. The third-order valence-electron chi connectivity index (χ3n) is 10.4. The highest BCUT2D eigenvalue weighted by Gasteiger charge is 2.39. The molecule has 3 heterocycles. The number of nitrogens with one attached hydrogen (secondary N) is 6. The lowest BCUT2D eigenvalue weighted by Crippen LogP contribution is -2.60. The molecular formula is C42H50N8O6. The number of aromatic amines is 1. The molecule has 14 heteroatoms. The monoisotopic (exact) mass is 762 g/mol. The topological polar surface area (TPSA) is 208 Å². The van der Waals surface area contributed by atoms with Crippen molar-refractivity contribution >= 4 is 46.3 Å². The molecule has 4 aromatic rings. The first-order chi connectivity index (χ1) is 27.2. The van der Waals surface area contributed by atoms with Gasteiger partial charge in [0.15, 0.2) is 0 Å². The summed E-state index contributed by atoms with van der Waals surface area (Å²) in [5.74, 6) is -3.36. The van der Waals surface area contributed by atoms with E-state index in [-0.39, 0.29) is 32.2 Å². The van der Waals surface area contributed by atoms with Crippen LogP contribution in [0.5, 0.6) is 0 Å². The van der Waals surface area contributed by atoms with Crippen LogP contribution in [-0.4, -0.2) is 95.2 Å². The highest BCUT2D eigenvalue weighted by atomic mass is 16.2. The van der Waals surface area contributed by atoms with Gasteiger partial charge in [0.05, 0.1) is 6.54 Å². The number of aromatic nitrogens is 1. The van der Waals surface area contributed by atoms with E-state index in [1.165, 1.54) is 4.90 Å². The Labute approximate surface area is 325 Å². The second-order valence-electron chi connectivity index (χ2n) is 14.4. The minimum atomic E-state index is -1.17. The average molecular weight is 763 g/mol. The van der Waals surface area contributed by atoms with Crippen LogP contribution < -0.4 is 32.3 Å². The molecule has 6 rings (SSSR count). The number of fused-ring (bicyclic) bond motifs is 2. The van der Waals surface area contributed by atoms with Gasteiger partial charge >= 0.3 is 0 Å². The Hall–Kier alpha value is -6.02. The summed E-state index contributed by atoms with van der Waals surface area (Å²) in [6, 6.07) is 20.6. The number of nitrogens with zero attached hydrogens (tertiary/aromatic N) is 1. The predicted octanol–water partition coefficient (Wildman–Crippen LogP) is 1.38. The van der Waals surface area contributed by atoms with Crippen molar-refractivity contribution in [1.29, 1.82) is 0 Å². The summed E-state index contributed by atoms with van der Waals surface area (Å²) in [5, 5.41) is 15.0. The molecule has 0 saturated carbocycles. The lowest BCUT2D eigenvalue weighted by molar-refractivity contribution is -0.142. The first-order valence-corrected chi connectivity index (χ1v) is 19.3. The number of nitrogens with two attached hydrogens (primary N) is 1. The Kier molecular flexibility index (Phi) is 13.5. The molecule has 8 N–H and O–H groups in total. The molecule has 5 atom stereocenters. The van der Waals surface area contributed by atoms with E-state index >= 15 is 0 Å². The molecule has 14 nitrogen and oxygen atoms in total. The van der Waals surface area contributed by atoms with Gasteiger partial charge in [0.2, 0.25) is 35.4 Å². The zero-order valence-corrected chi connectivity index (χ0v) is 31.3. The van der Waals surface area contributed by atoms with Gasteiger partial charge in [0, 0.05) is 42.9 Å². The van der Waals surface area contributed by atoms with E-state index in [0.29, 0.717) is 32.2 Å². The van der Waals surface area contributed by atoms with Crippen LogP contribution in [0.2, 0.25) is 0 Å². The summed E-state index contributed by atoms with van der Waals surface area (Å²) >= 11 is 0. The molecular weight excluding hydrogens is 713 g/mol. The Morgan fingerprint density at radius 1 is 0.625 bits per heavy atom. The second-order valence-corrected chi connectivity index (χ2v) is 14.4. The summed E-state index contributed by atoms with van der Waals surface area (Å²) < 4.78 is 0. The van der Waals surface area contributed by atoms with E-state index in [4.69, 9.17) is 5.73 Å². The van der Waals surface area contributed by atoms with Gasteiger partial charge < -0.3 is 42.2 Å². The number of H-pyrrole nitrogens is 1. The van der Waals surface area contributed by atoms with Crippen LogP contribution in [0.25, 0.3) is 10.9 Å². The number of benzene rings is 3. The maximum absolute atomic E-state index is 14.4. The fourth-order valence-electron chi connectivity index (χ4n) is 7.45. The minimum absolute atomic E-state index is 0.0618. The fourth-order valence-corrected chi connectivity index (χ4v) is 7.45. The van der Waals surface area contributed by atoms with Crippen LogP contribution in [0, 0.1) is 0 Å². The van der Waals surface area contributed by atoms with Gasteiger partial charge in [-0.2, -0.15) is 0 Å². The van der Waals surface area contributed by atoms with E-state index in [9.17, 15) is 28.8 Å². The van der Waals surface area contributed by atoms with Crippen LogP contribution in [0.15, 0.2) is 91.1 Å². The van der Waals surface area contributed by atoms with Crippen molar-refractivity contribution in [1.82, 2.24) is 36.5 Å². The van der Waals surface area contributed by atoms with E-state index in [2.05, 4.69) is 31.6 Å². The smallest absolute Gasteiger partial charge is 0.246 e. The molecule has 0 unspecified atom stereocenters. The molecule has 1 aromatic heterocycles. The van der Waals surface area contributed by atoms with Crippen molar-refractivity contribution < 1.29 is 28.8 Å². The third-order valence-corrected chi connectivity index (χ3v) is 10.4. The van der Waals surface area contributed by atoms with Crippen molar-refractivity contribution in [2.24, 2.45) is 5.73 Å². The van der Waals surface area contributed by atoms with Gasteiger partial charge in [-0.25, -0.2) is 0 Å². The number of para-hydroxylation sites is 1. The Bertz CT molecular complexity index is 2000. The van der Waals surface area contributed by atoms with Crippen LogP contribution >= 0.6 is 0 Å². The summed E-state index contributed by atoms with van der Waals surface area (Å²) in [6.45, 7) is 0.225. The predicted molar refractivity (Wildman–Crippen MR) is 211 cm³/mol. The molecule has 0 radical (unpaired) electrons. The van der Waals surface area contributed by atoms with E-state index < -0.39 is 72.2 Å². The van der Waals surface area contributed by atoms with E-state index in [0.717, 1.165) is 27.6 Å². The van der Waals surface area contributed by atoms with Gasteiger partial charge in [-0.3, -0.25) is 28.8 Å². The quantitative estimate of drug-likeness (QED) is 0.118. The number of hydrogen-bond donors (Lipinski definition) is 7. The second kappa shape index (κ2) is 19.0. The molecule has 2 aliphatic rings. The molecule has 56 heavy (non-hydrogen) atoms. The summed E-state index contributed by atoms with van der Waals surface area (Å²) in [7, 11) is 0. The number of carbonyl (C=O) groups excluding carboxylic acids is 6. The van der Waals surface area contributed by atoms with Crippen LogP contribution in [-0.2, 0) is 48.0 Å². The standard InChI is InChI=1S/C42H50N8O6/c43-20-10-9-18-32-38(52)49-35(23-28-14-5-2-6-15-28)42(56)50-21-11-19-36(50)41(55)45-26-37(51)46-33(22-27-12-3-1-4-13-27)39(53)48-34(40(54)47-32)24-29-25-44-31-17-8-7-16-30(29)31/h1-8,12-17,25,32-36,44H,9-11,18-24,26,43H2,(H,45,55)(H,46,51)(H,47,54)(H,48,53)(H,49,52)/t32-,33-,34-,35-,36-/m0/s1. The maximum Gasteiger partial charge on any atom is 0.246 e. The van der Waals surface area contributed by atoms with Crippen molar-refractivity contribution in [3.8, 4) is 0 Å². The summed E-state index contributed by atoms with van der Waals surface area (Å²) in [5.41, 5.74) is 8.96. The number of rotatable bonds is 10. The molecule has 0 spiro atoms.